The third-order valence-corrected chi connectivity index (χ3v) is 3.51. The first-order valence-corrected chi connectivity index (χ1v) is 6.53. The van der Waals surface area contributed by atoms with E-state index in [0.717, 1.165) is 4.88 Å². The van der Waals surface area contributed by atoms with Crippen LogP contribution in [0.4, 0.5) is 0 Å². The number of hydrogen-bond acceptors (Lipinski definition) is 3. The van der Waals surface area contributed by atoms with Crippen molar-refractivity contribution in [2.75, 3.05) is 6.54 Å². The number of aliphatic hydroxyl groups excluding tert-OH is 1. The Bertz CT molecular complexity index is 340. The first-order chi connectivity index (χ1) is 7.63. The lowest BCUT2D eigenvalue weighted by Gasteiger charge is -2.07. The molecular formula is C11H16ClNO2S. The van der Waals surface area contributed by atoms with Crippen LogP contribution in [0.5, 0.6) is 0 Å². The molecule has 0 bridgehead atoms. The predicted molar refractivity (Wildman–Crippen MR) is 66.8 cm³/mol. The maximum absolute atomic E-state index is 11.2. The highest BCUT2D eigenvalue weighted by atomic mass is 35.5. The molecule has 0 spiro atoms. The second-order valence-electron chi connectivity index (χ2n) is 3.50. The van der Waals surface area contributed by atoms with Crippen LogP contribution in [0, 0.1) is 0 Å². The summed E-state index contributed by atoms with van der Waals surface area (Å²) in [6, 6.07) is 3.60. The molecule has 0 fully saturated rings. The standard InChI is InChI=1S/C11H16ClNO2S/c1-2-13-11(15)5-3-4-8(14)9-6-7-10(12)16-9/h6-8,14H,2-5H2,1H3,(H,13,15). The van der Waals surface area contributed by atoms with Crippen molar-refractivity contribution in [1.82, 2.24) is 5.32 Å². The number of nitrogens with one attached hydrogen (secondary N) is 1. The zero-order chi connectivity index (χ0) is 12.0. The molecule has 1 unspecified atom stereocenters. The molecule has 90 valence electrons. The van der Waals surface area contributed by atoms with E-state index in [1.807, 2.05) is 13.0 Å². The highest BCUT2D eigenvalue weighted by Gasteiger charge is 2.10. The van der Waals surface area contributed by atoms with Crippen LogP contribution in [0.25, 0.3) is 0 Å². The summed E-state index contributed by atoms with van der Waals surface area (Å²) in [5, 5.41) is 12.5. The van der Waals surface area contributed by atoms with Crippen molar-refractivity contribution in [2.45, 2.75) is 32.3 Å². The van der Waals surface area contributed by atoms with Gasteiger partial charge in [-0.1, -0.05) is 11.6 Å². The topological polar surface area (TPSA) is 49.3 Å². The number of thiophene rings is 1. The normalized spacial score (nSPS) is 12.4. The fourth-order valence-corrected chi connectivity index (χ4v) is 2.47. The number of halogens is 1. The minimum absolute atomic E-state index is 0.0407. The van der Waals surface area contributed by atoms with Crippen LogP contribution in [-0.4, -0.2) is 17.6 Å². The lowest BCUT2D eigenvalue weighted by atomic mass is 10.1. The third-order valence-electron chi connectivity index (χ3n) is 2.18. The van der Waals surface area contributed by atoms with Crippen molar-refractivity contribution in [3.63, 3.8) is 0 Å². The lowest BCUT2D eigenvalue weighted by molar-refractivity contribution is -0.121. The molecule has 0 aliphatic heterocycles. The van der Waals surface area contributed by atoms with E-state index in [1.165, 1.54) is 11.3 Å². The Kier molecular flexibility index (Phi) is 5.80. The molecule has 0 aliphatic carbocycles. The molecule has 1 aromatic heterocycles. The van der Waals surface area contributed by atoms with Gasteiger partial charge in [-0.25, -0.2) is 0 Å². The summed E-state index contributed by atoms with van der Waals surface area (Å²) in [5.41, 5.74) is 0. The van der Waals surface area contributed by atoms with Gasteiger partial charge in [-0.05, 0) is 31.9 Å². The Balaban J connectivity index is 2.25. The van der Waals surface area contributed by atoms with Crippen molar-refractivity contribution in [2.24, 2.45) is 0 Å². The predicted octanol–water partition coefficient (Wildman–Crippen LogP) is 2.74. The molecule has 1 amide bonds. The van der Waals surface area contributed by atoms with Crippen LogP contribution in [0.2, 0.25) is 4.34 Å². The fourth-order valence-electron chi connectivity index (χ4n) is 1.39. The fraction of sp³-hybridized carbons (Fsp3) is 0.545. The minimum Gasteiger partial charge on any atom is -0.388 e. The number of carbonyl (C=O) groups excluding carboxylic acids is 1. The van der Waals surface area contributed by atoms with Crippen LogP contribution >= 0.6 is 22.9 Å². The number of rotatable bonds is 6. The van der Waals surface area contributed by atoms with E-state index < -0.39 is 6.10 Å². The summed E-state index contributed by atoms with van der Waals surface area (Å²) in [7, 11) is 0. The van der Waals surface area contributed by atoms with Crippen LogP contribution < -0.4 is 5.32 Å². The number of amides is 1. The first-order valence-electron chi connectivity index (χ1n) is 5.33. The summed E-state index contributed by atoms with van der Waals surface area (Å²) in [6.07, 6.45) is 1.23. The highest BCUT2D eigenvalue weighted by Crippen LogP contribution is 2.29. The van der Waals surface area contributed by atoms with Crippen LogP contribution in [0.15, 0.2) is 12.1 Å². The SMILES string of the molecule is CCNC(=O)CCCC(O)c1ccc(Cl)s1. The number of aliphatic hydroxyl groups is 1. The number of carbonyl (C=O) groups is 1. The minimum atomic E-state index is -0.507. The Labute approximate surface area is 104 Å². The molecular weight excluding hydrogens is 246 g/mol. The van der Waals surface area contributed by atoms with Gasteiger partial charge in [0.25, 0.3) is 0 Å². The van der Waals surface area contributed by atoms with Crippen molar-refractivity contribution < 1.29 is 9.90 Å². The molecule has 1 heterocycles. The molecule has 1 rings (SSSR count). The Morgan fingerprint density at radius 3 is 2.94 bits per heavy atom. The second-order valence-corrected chi connectivity index (χ2v) is 5.25. The summed E-state index contributed by atoms with van der Waals surface area (Å²) < 4.78 is 0.678. The lowest BCUT2D eigenvalue weighted by Crippen LogP contribution is -2.22. The highest BCUT2D eigenvalue weighted by molar-refractivity contribution is 7.16. The third kappa shape index (κ3) is 4.51. The van der Waals surface area contributed by atoms with Gasteiger partial charge in [0.15, 0.2) is 0 Å². The van der Waals surface area contributed by atoms with Gasteiger partial charge in [0, 0.05) is 17.8 Å². The van der Waals surface area contributed by atoms with E-state index in [2.05, 4.69) is 5.32 Å². The van der Waals surface area contributed by atoms with Gasteiger partial charge in [-0.2, -0.15) is 0 Å². The molecule has 3 nitrogen and oxygen atoms in total. The molecule has 0 saturated heterocycles. The van der Waals surface area contributed by atoms with E-state index in [4.69, 9.17) is 11.6 Å². The van der Waals surface area contributed by atoms with Crippen molar-refractivity contribution in [1.29, 1.82) is 0 Å². The van der Waals surface area contributed by atoms with E-state index in [-0.39, 0.29) is 5.91 Å². The maximum atomic E-state index is 11.2. The van der Waals surface area contributed by atoms with E-state index in [9.17, 15) is 9.90 Å². The molecule has 1 aromatic rings. The smallest absolute Gasteiger partial charge is 0.219 e. The van der Waals surface area contributed by atoms with Gasteiger partial charge in [-0.3, -0.25) is 4.79 Å². The zero-order valence-corrected chi connectivity index (χ0v) is 10.8. The average Bonchev–Trinajstić information content (AvgIpc) is 2.65. The van der Waals surface area contributed by atoms with Gasteiger partial charge < -0.3 is 10.4 Å². The Morgan fingerprint density at radius 2 is 2.38 bits per heavy atom. The monoisotopic (exact) mass is 261 g/mol. The quantitative estimate of drug-likeness (QED) is 0.827. The second kappa shape index (κ2) is 6.89. The van der Waals surface area contributed by atoms with Crippen LogP contribution in [0.1, 0.15) is 37.2 Å². The Hall–Kier alpha value is -0.580. The summed E-state index contributed by atoms with van der Waals surface area (Å²) in [4.78, 5) is 12.0. The van der Waals surface area contributed by atoms with E-state index >= 15 is 0 Å². The maximum Gasteiger partial charge on any atom is 0.219 e. The molecule has 0 aliphatic rings. The molecule has 0 saturated carbocycles. The number of hydrogen-bond donors (Lipinski definition) is 2. The van der Waals surface area contributed by atoms with Gasteiger partial charge >= 0.3 is 0 Å². The molecule has 1 atom stereocenters. The van der Waals surface area contributed by atoms with Crippen molar-refractivity contribution in [3.8, 4) is 0 Å². The average molecular weight is 262 g/mol. The van der Waals surface area contributed by atoms with Crippen molar-refractivity contribution >= 4 is 28.8 Å². The molecule has 16 heavy (non-hydrogen) atoms. The van der Waals surface area contributed by atoms with Gasteiger partial charge in [-0.15, -0.1) is 11.3 Å². The molecule has 0 radical (unpaired) electrons. The largest absolute Gasteiger partial charge is 0.388 e. The van der Waals surface area contributed by atoms with Crippen LogP contribution in [-0.2, 0) is 4.79 Å². The summed E-state index contributed by atoms with van der Waals surface area (Å²) >= 11 is 7.15. The van der Waals surface area contributed by atoms with Gasteiger partial charge in [0.2, 0.25) is 5.91 Å². The Morgan fingerprint density at radius 1 is 1.62 bits per heavy atom. The molecule has 2 N–H and O–H groups in total. The summed E-state index contributed by atoms with van der Waals surface area (Å²) in [6.45, 7) is 2.54. The molecule has 5 heteroatoms. The van der Waals surface area contributed by atoms with Crippen LogP contribution in [0.3, 0.4) is 0 Å². The van der Waals surface area contributed by atoms with Gasteiger partial charge in [0.1, 0.15) is 0 Å². The van der Waals surface area contributed by atoms with Gasteiger partial charge in [0.05, 0.1) is 10.4 Å². The van der Waals surface area contributed by atoms with E-state index in [0.29, 0.717) is 30.1 Å². The summed E-state index contributed by atoms with van der Waals surface area (Å²) in [5.74, 6) is 0.0407. The zero-order valence-electron chi connectivity index (χ0n) is 9.20. The van der Waals surface area contributed by atoms with Crippen molar-refractivity contribution in [3.05, 3.63) is 21.3 Å². The van der Waals surface area contributed by atoms with E-state index in [1.54, 1.807) is 6.07 Å². The molecule has 0 aromatic carbocycles. The first kappa shape index (κ1) is 13.5.